The zero-order valence-corrected chi connectivity index (χ0v) is 19.9. The van der Waals surface area contributed by atoms with Gasteiger partial charge in [-0.3, -0.25) is 4.79 Å². The molecule has 1 aliphatic heterocycles. The zero-order chi connectivity index (χ0) is 22.5. The number of hydrogen-bond acceptors (Lipinski definition) is 7. The fourth-order valence-electron chi connectivity index (χ4n) is 4.07. The minimum atomic E-state index is -0.571. The summed E-state index contributed by atoms with van der Waals surface area (Å²) in [5.41, 5.74) is 3.32. The Morgan fingerprint density at radius 2 is 1.87 bits per heavy atom. The van der Waals surface area contributed by atoms with Crippen molar-refractivity contribution >= 4 is 27.7 Å². The number of rotatable bonds is 8. The fraction of sp³-hybridized carbons (Fsp3) is 0.478. The largest absolute Gasteiger partial charge is 0.493 e. The van der Waals surface area contributed by atoms with Crippen molar-refractivity contribution in [3.05, 3.63) is 44.7 Å². The highest BCUT2D eigenvalue weighted by Gasteiger charge is 2.40. The molecular weight excluding hydrogens is 466 g/mol. The van der Waals surface area contributed by atoms with Crippen molar-refractivity contribution in [2.45, 2.75) is 39.0 Å². The van der Waals surface area contributed by atoms with Crippen molar-refractivity contribution in [3.8, 4) is 11.5 Å². The molecule has 1 atom stereocenters. The van der Waals surface area contributed by atoms with Gasteiger partial charge >= 0.3 is 5.97 Å². The third kappa shape index (κ3) is 4.80. The van der Waals surface area contributed by atoms with Gasteiger partial charge in [0.15, 0.2) is 17.3 Å². The lowest BCUT2D eigenvalue weighted by Crippen LogP contribution is -2.34. The first-order valence-corrected chi connectivity index (χ1v) is 11.1. The summed E-state index contributed by atoms with van der Waals surface area (Å²) < 4.78 is 22.4. The maximum Gasteiger partial charge on any atom is 0.336 e. The van der Waals surface area contributed by atoms with E-state index in [1.165, 1.54) is 0 Å². The van der Waals surface area contributed by atoms with Gasteiger partial charge in [-0.2, -0.15) is 0 Å². The first kappa shape index (κ1) is 23.3. The molecule has 1 aromatic carbocycles. The molecule has 0 fully saturated rings. The van der Waals surface area contributed by atoms with Crippen molar-refractivity contribution in [2.75, 3.05) is 34.0 Å². The van der Waals surface area contributed by atoms with Gasteiger partial charge in [0.1, 0.15) is 6.61 Å². The third-order valence-electron chi connectivity index (χ3n) is 5.47. The number of ketones is 1. The molecule has 1 unspecified atom stereocenters. The average molecular weight is 494 g/mol. The fourth-order valence-corrected chi connectivity index (χ4v) is 4.62. The van der Waals surface area contributed by atoms with Gasteiger partial charge in [0, 0.05) is 40.4 Å². The van der Waals surface area contributed by atoms with Crippen LogP contribution in [0, 0.1) is 0 Å². The van der Waals surface area contributed by atoms with Crippen molar-refractivity contribution in [3.63, 3.8) is 0 Å². The van der Waals surface area contributed by atoms with Gasteiger partial charge in [-0.25, -0.2) is 4.79 Å². The van der Waals surface area contributed by atoms with Gasteiger partial charge in [0.05, 0.1) is 26.4 Å². The highest BCUT2D eigenvalue weighted by Crippen LogP contribution is 2.47. The van der Waals surface area contributed by atoms with Crippen LogP contribution in [0.1, 0.15) is 44.6 Å². The van der Waals surface area contributed by atoms with Crippen LogP contribution in [-0.2, 0) is 19.1 Å². The van der Waals surface area contributed by atoms with E-state index in [4.69, 9.17) is 18.9 Å². The molecule has 0 saturated carbocycles. The molecule has 1 aliphatic carbocycles. The number of carbonyl (C=O) groups is 2. The monoisotopic (exact) mass is 493 g/mol. The first-order valence-electron chi connectivity index (χ1n) is 10.3. The maximum absolute atomic E-state index is 13.1. The summed E-state index contributed by atoms with van der Waals surface area (Å²) in [4.78, 5) is 26.2. The molecule has 1 N–H and O–H groups in total. The van der Waals surface area contributed by atoms with Crippen LogP contribution in [0.3, 0.4) is 0 Å². The molecule has 31 heavy (non-hydrogen) atoms. The lowest BCUT2D eigenvalue weighted by Gasteiger charge is -2.34. The highest BCUT2D eigenvalue weighted by atomic mass is 79.9. The summed E-state index contributed by atoms with van der Waals surface area (Å²) in [6.45, 7) is 4.73. The van der Waals surface area contributed by atoms with E-state index >= 15 is 0 Å². The molecule has 0 spiro atoms. The van der Waals surface area contributed by atoms with E-state index in [1.807, 2.05) is 19.9 Å². The number of ether oxygens (including phenoxy) is 4. The average Bonchev–Trinajstić information content (AvgIpc) is 2.75. The van der Waals surface area contributed by atoms with E-state index in [9.17, 15) is 9.59 Å². The number of esters is 1. The second-order valence-corrected chi connectivity index (χ2v) is 8.18. The molecule has 0 bridgehead atoms. The molecule has 0 amide bonds. The molecule has 168 valence electrons. The number of carbonyl (C=O) groups excluding carboxylic acids is 2. The van der Waals surface area contributed by atoms with Crippen molar-refractivity contribution in [1.29, 1.82) is 0 Å². The van der Waals surface area contributed by atoms with Crippen molar-refractivity contribution < 1.29 is 28.5 Å². The molecule has 7 nitrogen and oxygen atoms in total. The normalized spacial score (nSPS) is 18.5. The van der Waals surface area contributed by atoms with Gasteiger partial charge < -0.3 is 24.3 Å². The SMILES string of the molecule is CCOCCOC(=O)C1=C(C)NC2=C(C(=O)CCC2)C1c1cc(OC)c(OC)cc1Br. The van der Waals surface area contributed by atoms with Crippen LogP contribution in [0.15, 0.2) is 39.1 Å². The molecule has 3 rings (SSSR count). The van der Waals surface area contributed by atoms with Crippen molar-refractivity contribution in [1.82, 2.24) is 5.32 Å². The summed E-state index contributed by atoms with van der Waals surface area (Å²) >= 11 is 3.61. The minimum absolute atomic E-state index is 0.0348. The summed E-state index contributed by atoms with van der Waals surface area (Å²) in [5.74, 6) is 0.0656. The molecule has 0 radical (unpaired) electrons. The van der Waals surface area contributed by atoms with Crippen LogP contribution in [0.2, 0.25) is 0 Å². The molecule has 0 aromatic heterocycles. The number of Topliss-reactive ketones (excluding diaryl/α,β-unsaturated/α-hetero) is 1. The van der Waals surface area contributed by atoms with Crippen LogP contribution in [0.5, 0.6) is 11.5 Å². The Bertz CT molecular complexity index is 936. The lowest BCUT2D eigenvalue weighted by molar-refractivity contribution is -0.140. The predicted molar refractivity (Wildman–Crippen MR) is 119 cm³/mol. The molecular formula is C23H28BrNO6. The highest BCUT2D eigenvalue weighted by molar-refractivity contribution is 9.10. The Morgan fingerprint density at radius 1 is 1.16 bits per heavy atom. The predicted octanol–water partition coefficient (Wildman–Crippen LogP) is 4.01. The summed E-state index contributed by atoms with van der Waals surface area (Å²) in [7, 11) is 3.11. The number of allylic oxidation sites excluding steroid dienone is 3. The van der Waals surface area contributed by atoms with E-state index in [0.717, 1.165) is 28.6 Å². The third-order valence-corrected chi connectivity index (χ3v) is 6.16. The minimum Gasteiger partial charge on any atom is -0.493 e. The topological polar surface area (TPSA) is 83.1 Å². The summed E-state index contributed by atoms with van der Waals surface area (Å²) in [5, 5.41) is 3.29. The Kier molecular flexibility index (Phi) is 7.78. The Morgan fingerprint density at radius 3 is 2.55 bits per heavy atom. The first-order chi connectivity index (χ1) is 14.9. The molecule has 1 aromatic rings. The van der Waals surface area contributed by atoms with Crippen molar-refractivity contribution in [2.24, 2.45) is 0 Å². The quantitative estimate of drug-likeness (QED) is 0.432. The van der Waals surface area contributed by atoms with Crippen LogP contribution < -0.4 is 14.8 Å². The zero-order valence-electron chi connectivity index (χ0n) is 18.3. The Labute approximate surface area is 190 Å². The van der Waals surface area contributed by atoms with Gasteiger partial charge in [-0.05, 0) is 44.4 Å². The van der Waals surface area contributed by atoms with E-state index in [1.54, 1.807) is 20.3 Å². The van der Waals surface area contributed by atoms with Crippen LogP contribution in [-0.4, -0.2) is 45.8 Å². The summed E-state index contributed by atoms with van der Waals surface area (Å²) in [6, 6.07) is 3.60. The number of methoxy groups -OCH3 is 2. The molecule has 8 heteroatoms. The second-order valence-electron chi connectivity index (χ2n) is 7.33. The van der Waals surface area contributed by atoms with Crippen LogP contribution in [0.25, 0.3) is 0 Å². The van der Waals surface area contributed by atoms with Crippen LogP contribution in [0.4, 0.5) is 0 Å². The molecule has 1 heterocycles. The lowest BCUT2D eigenvalue weighted by atomic mass is 9.75. The number of nitrogens with one attached hydrogen (secondary N) is 1. The van der Waals surface area contributed by atoms with E-state index < -0.39 is 11.9 Å². The number of dihydropyridines is 1. The van der Waals surface area contributed by atoms with Gasteiger partial charge in [0.25, 0.3) is 0 Å². The van der Waals surface area contributed by atoms with E-state index in [0.29, 0.717) is 48.0 Å². The second kappa shape index (κ2) is 10.3. The summed E-state index contributed by atoms with van der Waals surface area (Å²) in [6.07, 6.45) is 1.99. The van der Waals surface area contributed by atoms with Crippen LogP contribution >= 0.6 is 15.9 Å². The Hall–Kier alpha value is -2.32. The standard InChI is InChI=1S/C23H28BrNO6/c1-5-30-9-10-31-23(27)20-13(2)25-16-7-6-8-17(26)22(16)21(20)14-11-18(28-3)19(29-4)12-15(14)24/h11-12,21,25H,5-10H2,1-4H3. The van der Waals surface area contributed by atoms with E-state index in [-0.39, 0.29) is 12.4 Å². The Balaban J connectivity index is 2.10. The van der Waals surface area contributed by atoms with Gasteiger partial charge in [0.2, 0.25) is 0 Å². The van der Waals surface area contributed by atoms with Gasteiger partial charge in [-0.1, -0.05) is 15.9 Å². The maximum atomic E-state index is 13.1. The smallest absolute Gasteiger partial charge is 0.336 e. The number of halogens is 1. The molecule has 2 aliphatic rings. The van der Waals surface area contributed by atoms with E-state index in [2.05, 4.69) is 21.2 Å². The molecule has 0 saturated heterocycles. The van der Waals surface area contributed by atoms with Gasteiger partial charge in [-0.15, -0.1) is 0 Å². The number of benzene rings is 1. The number of hydrogen-bond donors (Lipinski definition) is 1.